The van der Waals surface area contributed by atoms with Crippen molar-refractivity contribution in [1.82, 2.24) is 10.2 Å². The van der Waals surface area contributed by atoms with E-state index in [2.05, 4.69) is 31.0 Å². The molecule has 0 spiro atoms. The molecular formula is C11H22N2O. The summed E-state index contributed by atoms with van der Waals surface area (Å²) in [4.78, 5) is 2.62. The van der Waals surface area contributed by atoms with Crippen molar-refractivity contribution in [3.63, 3.8) is 0 Å². The highest BCUT2D eigenvalue weighted by Crippen LogP contribution is 2.38. The SMILES string of the molecule is CC(C)(C)C12CNCCN1CCOC2. The second kappa shape index (κ2) is 3.47. The van der Waals surface area contributed by atoms with Crippen LogP contribution < -0.4 is 5.32 Å². The maximum Gasteiger partial charge on any atom is 0.0668 e. The summed E-state index contributed by atoms with van der Waals surface area (Å²) in [5.74, 6) is 0. The Bertz CT molecular complexity index is 198. The van der Waals surface area contributed by atoms with Crippen LogP contribution in [0, 0.1) is 5.41 Å². The lowest BCUT2D eigenvalue weighted by Gasteiger charge is -2.56. The topological polar surface area (TPSA) is 24.5 Å². The molecule has 14 heavy (non-hydrogen) atoms. The van der Waals surface area contributed by atoms with Crippen molar-refractivity contribution in [1.29, 1.82) is 0 Å². The smallest absolute Gasteiger partial charge is 0.0668 e. The summed E-state index contributed by atoms with van der Waals surface area (Å²) in [7, 11) is 0. The summed E-state index contributed by atoms with van der Waals surface area (Å²) in [6, 6.07) is 0. The van der Waals surface area contributed by atoms with Crippen LogP contribution in [0.25, 0.3) is 0 Å². The first-order valence-corrected chi connectivity index (χ1v) is 5.60. The predicted molar refractivity (Wildman–Crippen MR) is 57.4 cm³/mol. The molecule has 2 fully saturated rings. The zero-order valence-electron chi connectivity index (χ0n) is 9.60. The Labute approximate surface area is 86.8 Å². The number of fused-ring (bicyclic) bond motifs is 1. The fraction of sp³-hybridized carbons (Fsp3) is 1.00. The summed E-state index contributed by atoms with van der Waals surface area (Å²) < 4.78 is 5.69. The van der Waals surface area contributed by atoms with Crippen molar-refractivity contribution in [2.45, 2.75) is 26.3 Å². The highest BCUT2D eigenvalue weighted by molar-refractivity contribution is 5.05. The molecule has 3 heteroatoms. The zero-order valence-corrected chi connectivity index (χ0v) is 9.60. The number of hydrogen-bond acceptors (Lipinski definition) is 3. The van der Waals surface area contributed by atoms with Crippen LogP contribution in [0.15, 0.2) is 0 Å². The van der Waals surface area contributed by atoms with E-state index in [1.807, 2.05) is 0 Å². The average Bonchev–Trinajstić information content (AvgIpc) is 2.16. The molecule has 2 aliphatic heterocycles. The van der Waals surface area contributed by atoms with Gasteiger partial charge in [0.05, 0.1) is 18.8 Å². The molecule has 82 valence electrons. The van der Waals surface area contributed by atoms with E-state index in [-0.39, 0.29) is 11.0 Å². The fourth-order valence-corrected chi connectivity index (χ4v) is 2.67. The van der Waals surface area contributed by atoms with Gasteiger partial charge in [-0.2, -0.15) is 0 Å². The Balaban J connectivity index is 2.25. The molecule has 0 aromatic carbocycles. The first-order chi connectivity index (χ1) is 6.56. The van der Waals surface area contributed by atoms with Gasteiger partial charge in [-0.25, -0.2) is 0 Å². The van der Waals surface area contributed by atoms with Crippen LogP contribution >= 0.6 is 0 Å². The monoisotopic (exact) mass is 198 g/mol. The molecule has 2 rings (SSSR count). The van der Waals surface area contributed by atoms with E-state index >= 15 is 0 Å². The van der Waals surface area contributed by atoms with E-state index in [4.69, 9.17) is 4.74 Å². The second-order valence-corrected chi connectivity index (χ2v) is 5.50. The van der Waals surface area contributed by atoms with E-state index < -0.39 is 0 Å². The third-order valence-electron chi connectivity index (χ3n) is 3.82. The highest BCUT2D eigenvalue weighted by atomic mass is 16.5. The minimum absolute atomic E-state index is 0.212. The fourth-order valence-electron chi connectivity index (χ4n) is 2.67. The van der Waals surface area contributed by atoms with E-state index in [1.165, 1.54) is 6.54 Å². The van der Waals surface area contributed by atoms with Crippen LogP contribution in [0.5, 0.6) is 0 Å². The Kier molecular flexibility index (Phi) is 2.58. The number of rotatable bonds is 0. The molecule has 1 atom stereocenters. The lowest BCUT2D eigenvalue weighted by Crippen LogP contribution is -2.71. The molecule has 2 heterocycles. The van der Waals surface area contributed by atoms with E-state index in [0.29, 0.717) is 0 Å². The predicted octanol–water partition coefficient (Wildman–Crippen LogP) is 0.707. The Morgan fingerprint density at radius 3 is 2.71 bits per heavy atom. The van der Waals surface area contributed by atoms with Crippen LogP contribution in [0.3, 0.4) is 0 Å². The molecule has 0 aromatic heterocycles. The number of piperazine rings is 1. The minimum atomic E-state index is 0.212. The van der Waals surface area contributed by atoms with Crippen molar-refractivity contribution in [3.8, 4) is 0 Å². The van der Waals surface area contributed by atoms with E-state index in [9.17, 15) is 0 Å². The molecule has 0 aromatic rings. The van der Waals surface area contributed by atoms with Crippen molar-refractivity contribution < 1.29 is 4.74 Å². The first kappa shape index (κ1) is 10.4. The van der Waals surface area contributed by atoms with Crippen molar-refractivity contribution >= 4 is 0 Å². The number of hydrogen-bond donors (Lipinski definition) is 1. The van der Waals surface area contributed by atoms with Crippen LogP contribution in [0.2, 0.25) is 0 Å². The van der Waals surface area contributed by atoms with Gasteiger partial charge in [0, 0.05) is 26.2 Å². The van der Waals surface area contributed by atoms with Gasteiger partial charge in [0.1, 0.15) is 0 Å². The van der Waals surface area contributed by atoms with Gasteiger partial charge >= 0.3 is 0 Å². The molecule has 1 unspecified atom stereocenters. The van der Waals surface area contributed by atoms with Crippen molar-refractivity contribution in [2.24, 2.45) is 5.41 Å². The number of morpholine rings is 1. The standard InChI is InChI=1S/C11H22N2O/c1-10(2,3)11-8-12-4-5-13(11)6-7-14-9-11/h12H,4-9H2,1-3H3. The quantitative estimate of drug-likeness (QED) is 0.620. The average molecular weight is 198 g/mol. The lowest BCUT2D eigenvalue weighted by molar-refractivity contribution is -0.128. The van der Waals surface area contributed by atoms with Crippen LogP contribution in [0.4, 0.5) is 0 Å². The molecule has 2 aliphatic rings. The van der Waals surface area contributed by atoms with Gasteiger partial charge in [-0.1, -0.05) is 20.8 Å². The van der Waals surface area contributed by atoms with E-state index in [0.717, 1.165) is 32.8 Å². The molecule has 0 bridgehead atoms. The molecular weight excluding hydrogens is 176 g/mol. The largest absolute Gasteiger partial charge is 0.378 e. The Hall–Kier alpha value is -0.120. The molecule has 0 aliphatic carbocycles. The minimum Gasteiger partial charge on any atom is -0.378 e. The summed E-state index contributed by atoms with van der Waals surface area (Å²) in [5.41, 5.74) is 0.490. The number of nitrogens with one attached hydrogen (secondary N) is 1. The van der Waals surface area contributed by atoms with Gasteiger partial charge in [-0.15, -0.1) is 0 Å². The normalized spacial score (nSPS) is 35.4. The number of nitrogens with zero attached hydrogens (tertiary/aromatic N) is 1. The summed E-state index contributed by atoms with van der Waals surface area (Å²) >= 11 is 0. The zero-order chi connectivity index (χ0) is 10.2. The Morgan fingerprint density at radius 2 is 2.07 bits per heavy atom. The Morgan fingerprint density at radius 1 is 1.29 bits per heavy atom. The van der Waals surface area contributed by atoms with Crippen LogP contribution in [-0.4, -0.2) is 49.8 Å². The van der Waals surface area contributed by atoms with Gasteiger partial charge in [0.15, 0.2) is 0 Å². The van der Waals surface area contributed by atoms with Gasteiger partial charge in [-0.05, 0) is 5.41 Å². The third-order valence-corrected chi connectivity index (χ3v) is 3.82. The molecule has 3 nitrogen and oxygen atoms in total. The van der Waals surface area contributed by atoms with E-state index in [1.54, 1.807) is 0 Å². The lowest BCUT2D eigenvalue weighted by atomic mass is 9.71. The van der Waals surface area contributed by atoms with Gasteiger partial charge in [-0.3, -0.25) is 4.90 Å². The van der Waals surface area contributed by atoms with Crippen molar-refractivity contribution in [2.75, 3.05) is 39.4 Å². The molecule has 0 radical (unpaired) electrons. The molecule has 2 saturated heterocycles. The molecule has 0 saturated carbocycles. The van der Waals surface area contributed by atoms with Crippen molar-refractivity contribution in [3.05, 3.63) is 0 Å². The van der Waals surface area contributed by atoms with Crippen LogP contribution in [-0.2, 0) is 4.74 Å². The summed E-state index contributed by atoms with van der Waals surface area (Å²) in [6.07, 6.45) is 0. The second-order valence-electron chi connectivity index (χ2n) is 5.50. The van der Waals surface area contributed by atoms with Gasteiger partial charge in [0.25, 0.3) is 0 Å². The molecule has 1 N–H and O–H groups in total. The maximum absolute atomic E-state index is 5.69. The maximum atomic E-state index is 5.69. The van der Waals surface area contributed by atoms with Crippen LogP contribution in [0.1, 0.15) is 20.8 Å². The third kappa shape index (κ3) is 1.47. The van der Waals surface area contributed by atoms with Gasteiger partial charge in [0.2, 0.25) is 0 Å². The molecule has 0 amide bonds. The number of ether oxygens (including phenoxy) is 1. The highest BCUT2D eigenvalue weighted by Gasteiger charge is 2.49. The van der Waals surface area contributed by atoms with Gasteiger partial charge < -0.3 is 10.1 Å². The summed E-state index contributed by atoms with van der Waals surface area (Å²) in [5, 5.41) is 3.51. The summed E-state index contributed by atoms with van der Waals surface area (Å²) in [6.45, 7) is 13.2. The first-order valence-electron chi connectivity index (χ1n) is 5.60.